The van der Waals surface area contributed by atoms with E-state index < -0.39 is 46.7 Å². The Morgan fingerprint density at radius 3 is 2.58 bits per heavy atom. The van der Waals surface area contributed by atoms with Crippen molar-refractivity contribution in [2.45, 2.75) is 37.1 Å². The molecule has 4 aromatic rings. The number of amides is 5. The molecule has 232 valence electrons. The van der Waals surface area contributed by atoms with E-state index in [1.165, 1.54) is 23.5 Å². The summed E-state index contributed by atoms with van der Waals surface area (Å²) in [5.74, 6) is -2.85. The summed E-state index contributed by atoms with van der Waals surface area (Å²) in [6, 6.07) is 9.65. The molecule has 2 aliphatic heterocycles. The minimum atomic E-state index is -3.74. The number of rotatable bonds is 10. The number of fused-ring (bicyclic) bond motifs is 2. The van der Waals surface area contributed by atoms with Crippen LogP contribution in [-0.2, 0) is 15.0 Å². The van der Waals surface area contributed by atoms with E-state index in [0.29, 0.717) is 30.0 Å². The predicted octanol–water partition coefficient (Wildman–Crippen LogP) is 3.77. The van der Waals surface area contributed by atoms with Crippen molar-refractivity contribution in [3.8, 4) is 10.6 Å². The third kappa shape index (κ3) is 6.00. The van der Waals surface area contributed by atoms with Crippen LogP contribution in [0.4, 0.5) is 14.5 Å². The molecular formula is C29H24ClF2N7O5S. The Balaban J connectivity index is 1.02. The summed E-state index contributed by atoms with van der Waals surface area (Å²) in [5.41, 5.74) is 0.596. The summed E-state index contributed by atoms with van der Waals surface area (Å²) in [7, 11) is 0. The van der Waals surface area contributed by atoms with Gasteiger partial charge in [0.2, 0.25) is 11.8 Å². The molecule has 5 heterocycles. The van der Waals surface area contributed by atoms with E-state index in [1.807, 2.05) is 0 Å². The first-order valence-corrected chi connectivity index (χ1v) is 15.2. The highest BCUT2D eigenvalue weighted by atomic mass is 35.5. The molecule has 2 aliphatic rings. The number of benzene rings is 1. The molecular weight excluding hydrogens is 632 g/mol. The van der Waals surface area contributed by atoms with Crippen molar-refractivity contribution in [1.29, 1.82) is 0 Å². The summed E-state index contributed by atoms with van der Waals surface area (Å²) in [5, 5.41) is 10.1. The lowest BCUT2D eigenvalue weighted by molar-refractivity contribution is -0.136. The molecule has 0 spiro atoms. The Bertz CT molecular complexity index is 1860. The lowest BCUT2D eigenvalue weighted by Crippen LogP contribution is -2.54. The zero-order valence-corrected chi connectivity index (χ0v) is 24.9. The van der Waals surface area contributed by atoms with Crippen molar-refractivity contribution in [3.05, 3.63) is 70.4 Å². The second-order valence-electron chi connectivity index (χ2n) is 10.4. The van der Waals surface area contributed by atoms with E-state index in [1.54, 1.807) is 29.6 Å². The number of alkyl halides is 3. The molecule has 45 heavy (non-hydrogen) atoms. The number of imide groups is 2. The fourth-order valence-electron chi connectivity index (χ4n) is 5.19. The van der Waals surface area contributed by atoms with Crippen molar-refractivity contribution in [2.24, 2.45) is 0 Å². The molecule has 12 nitrogen and oxygen atoms in total. The molecule has 1 saturated heterocycles. The van der Waals surface area contributed by atoms with Gasteiger partial charge in [0.05, 0.1) is 21.7 Å². The van der Waals surface area contributed by atoms with Gasteiger partial charge in [-0.3, -0.25) is 34.2 Å². The molecule has 0 bridgehead atoms. The van der Waals surface area contributed by atoms with Gasteiger partial charge in [-0.2, -0.15) is 13.9 Å². The molecule has 0 saturated carbocycles. The Morgan fingerprint density at radius 2 is 1.84 bits per heavy atom. The molecule has 1 aromatic carbocycles. The molecule has 16 heteroatoms. The Hall–Kier alpha value is -4.76. The van der Waals surface area contributed by atoms with E-state index in [4.69, 9.17) is 11.6 Å². The highest BCUT2D eigenvalue weighted by molar-refractivity contribution is 7.13. The minimum Gasteiger partial charge on any atom is -0.385 e. The van der Waals surface area contributed by atoms with E-state index in [-0.39, 0.29) is 47.5 Å². The first-order valence-electron chi connectivity index (χ1n) is 13.9. The number of aromatic nitrogens is 3. The Kier molecular flexibility index (Phi) is 8.05. The molecule has 0 aliphatic carbocycles. The molecule has 1 unspecified atom stereocenters. The molecule has 6 rings (SSSR count). The number of carbonyl (C=O) groups excluding carboxylic acids is 5. The number of anilines is 1. The van der Waals surface area contributed by atoms with Crippen LogP contribution in [0.1, 0.15) is 62.6 Å². The van der Waals surface area contributed by atoms with Crippen molar-refractivity contribution in [1.82, 2.24) is 30.1 Å². The van der Waals surface area contributed by atoms with Gasteiger partial charge in [-0.25, -0.2) is 9.50 Å². The van der Waals surface area contributed by atoms with Gasteiger partial charge >= 0.3 is 5.38 Å². The summed E-state index contributed by atoms with van der Waals surface area (Å²) < 4.78 is 29.3. The summed E-state index contributed by atoms with van der Waals surface area (Å²) in [6.07, 6.45) is 1.29. The molecule has 1 atom stereocenters. The summed E-state index contributed by atoms with van der Waals surface area (Å²) >= 11 is 6.67. The third-order valence-corrected chi connectivity index (χ3v) is 8.47. The van der Waals surface area contributed by atoms with Crippen LogP contribution in [0, 0.1) is 0 Å². The average Bonchev–Trinajstić information content (AvgIpc) is 3.73. The predicted molar refractivity (Wildman–Crippen MR) is 159 cm³/mol. The van der Waals surface area contributed by atoms with Gasteiger partial charge in [-0.1, -0.05) is 6.07 Å². The van der Waals surface area contributed by atoms with E-state index >= 15 is 0 Å². The second-order valence-corrected chi connectivity index (χ2v) is 11.8. The van der Waals surface area contributed by atoms with Crippen LogP contribution in [0.3, 0.4) is 0 Å². The van der Waals surface area contributed by atoms with Crippen LogP contribution >= 0.6 is 22.9 Å². The largest absolute Gasteiger partial charge is 0.385 e. The first kappa shape index (κ1) is 30.3. The fraction of sp³-hybridized carbons (Fsp3) is 0.276. The quantitative estimate of drug-likeness (QED) is 0.133. The number of carbonyl (C=O) groups is 5. The number of thiophene rings is 1. The fourth-order valence-corrected chi connectivity index (χ4v) is 6.01. The van der Waals surface area contributed by atoms with E-state index in [0.717, 1.165) is 15.5 Å². The maximum Gasteiger partial charge on any atom is 0.364 e. The van der Waals surface area contributed by atoms with Crippen LogP contribution in [0.15, 0.2) is 47.8 Å². The second kappa shape index (κ2) is 12.0. The number of hydrogen-bond acceptors (Lipinski definition) is 9. The number of nitrogens with one attached hydrogen (secondary N) is 3. The maximum absolute atomic E-state index is 14.2. The Morgan fingerprint density at radius 1 is 1.07 bits per heavy atom. The number of halogens is 3. The Labute approximate surface area is 262 Å². The maximum atomic E-state index is 14.2. The lowest BCUT2D eigenvalue weighted by Gasteiger charge is -2.27. The molecule has 0 radical (unpaired) electrons. The highest BCUT2D eigenvalue weighted by Crippen LogP contribution is 2.35. The van der Waals surface area contributed by atoms with Crippen LogP contribution < -0.4 is 16.0 Å². The summed E-state index contributed by atoms with van der Waals surface area (Å²) in [6.45, 7) is 0.754. The van der Waals surface area contributed by atoms with Crippen LogP contribution in [0.25, 0.3) is 16.2 Å². The van der Waals surface area contributed by atoms with Gasteiger partial charge in [0, 0.05) is 31.3 Å². The van der Waals surface area contributed by atoms with E-state index in [2.05, 4.69) is 26.0 Å². The smallest absolute Gasteiger partial charge is 0.364 e. The first-order chi connectivity index (χ1) is 21.5. The van der Waals surface area contributed by atoms with Crippen molar-refractivity contribution < 1.29 is 32.8 Å². The van der Waals surface area contributed by atoms with Crippen LogP contribution in [0.5, 0.6) is 0 Å². The number of nitrogens with zero attached hydrogens (tertiary/aromatic N) is 4. The highest BCUT2D eigenvalue weighted by Gasteiger charge is 2.44. The van der Waals surface area contributed by atoms with Gasteiger partial charge in [-0.05, 0) is 66.6 Å². The van der Waals surface area contributed by atoms with Gasteiger partial charge in [0.15, 0.2) is 11.3 Å². The standard InChI is InChI=1S/C29H24ClF2N7O5S/c30-29(31,32)22-13-18(21-4-3-11-45-21)35-23-14-19(37-39(22)23)25(41)34-10-2-1-9-33-15-5-6-16-17(12-15)28(44)38(27(16)43)20-7-8-24(40)36-26(20)42/h3-6,11-14,20,33H,1-2,7-10H2,(H,34,41)(H,36,40,42). The SMILES string of the molecule is O=C1CCC(N2C(=O)c3ccc(NCCCCNC(=O)c4cc5nc(-c6cccs6)cc(C(F)(F)Cl)n5n4)cc3C2=O)C(=O)N1. The summed E-state index contributed by atoms with van der Waals surface area (Å²) in [4.78, 5) is 68.2. The lowest BCUT2D eigenvalue weighted by atomic mass is 10.0. The van der Waals surface area contributed by atoms with Gasteiger partial charge in [0.1, 0.15) is 11.7 Å². The van der Waals surface area contributed by atoms with Crippen LogP contribution in [0.2, 0.25) is 0 Å². The van der Waals surface area contributed by atoms with Crippen molar-refractivity contribution >= 4 is 63.8 Å². The van der Waals surface area contributed by atoms with Crippen molar-refractivity contribution in [3.63, 3.8) is 0 Å². The zero-order valence-electron chi connectivity index (χ0n) is 23.3. The van der Waals surface area contributed by atoms with Crippen LogP contribution in [-0.4, -0.2) is 68.2 Å². The topological polar surface area (TPSA) is 155 Å². The molecule has 3 N–H and O–H groups in total. The zero-order chi connectivity index (χ0) is 31.9. The molecule has 5 amide bonds. The van der Waals surface area contributed by atoms with Gasteiger partial charge in [-0.15, -0.1) is 11.3 Å². The average molecular weight is 656 g/mol. The molecule has 3 aromatic heterocycles. The van der Waals surface area contributed by atoms with Gasteiger partial charge < -0.3 is 10.6 Å². The van der Waals surface area contributed by atoms with Gasteiger partial charge in [0.25, 0.3) is 17.7 Å². The van der Waals surface area contributed by atoms with Crippen molar-refractivity contribution in [2.75, 3.05) is 18.4 Å². The molecule has 1 fully saturated rings. The monoisotopic (exact) mass is 655 g/mol. The number of hydrogen-bond donors (Lipinski definition) is 3. The number of unbranched alkanes of at least 4 members (excludes halogenated alkanes) is 1. The number of piperidine rings is 1. The normalized spacial score (nSPS) is 16.7. The minimum absolute atomic E-state index is 0.0396. The van der Waals surface area contributed by atoms with E-state index in [9.17, 15) is 32.8 Å². The third-order valence-electron chi connectivity index (χ3n) is 7.38.